The van der Waals surface area contributed by atoms with E-state index in [1.165, 1.54) is 6.20 Å². The van der Waals surface area contributed by atoms with Crippen LogP contribution in [-0.4, -0.2) is 20.8 Å². The summed E-state index contributed by atoms with van der Waals surface area (Å²) in [6.07, 6.45) is 4.67. The monoisotopic (exact) mass is 333 g/mol. The van der Waals surface area contributed by atoms with E-state index < -0.39 is 0 Å². The fourth-order valence-corrected chi connectivity index (χ4v) is 2.60. The number of hydrogen-bond donors (Lipinski definition) is 0. The van der Waals surface area contributed by atoms with Crippen molar-refractivity contribution in [2.75, 3.05) is 0 Å². The Balaban J connectivity index is 1.65. The standard InChI is InChI=1S/C19H15N3O3/c23-19(18-11-20-16-7-1-2-8-17(16)21-18)22(12-14-5-3-9-24-14)13-15-6-4-10-25-15/h1-11H,12-13H2. The van der Waals surface area contributed by atoms with Crippen molar-refractivity contribution in [2.45, 2.75) is 13.1 Å². The van der Waals surface area contributed by atoms with Gasteiger partial charge in [-0.3, -0.25) is 9.78 Å². The molecule has 1 amide bonds. The molecule has 1 aromatic carbocycles. The minimum Gasteiger partial charge on any atom is -0.467 e. The van der Waals surface area contributed by atoms with E-state index in [4.69, 9.17) is 8.83 Å². The molecular formula is C19H15N3O3. The van der Waals surface area contributed by atoms with Crippen LogP contribution >= 0.6 is 0 Å². The van der Waals surface area contributed by atoms with Gasteiger partial charge in [0.25, 0.3) is 5.91 Å². The molecule has 0 bridgehead atoms. The van der Waals surface area contributed by atoms with Crippen molar-refractivity contribution < 1.29 is 13.6 Å². The van der Waals surface area contributed by atoms with Gasteiger partial charge in [-0.2, -0.15) is 0 Å². The molecule has 0 N–H and O–H groups in total. The van der Waals surface area contributed by atoms with Crippen molar-refractivity contribution in [3.05, 3.63) is 84.5 Å². The van der Waals surface area contributed by atoms with Gasteiger partial charge in [0.15, 0.2) is 0 Å². The first-order valence-corrected chi connectivity index (χ1v) is 7.85. The van der Waals surface area contributed by atoms with Gasteiger partial charge in [0.1, 0.15) is 17.2 Å². The van der Waals surface area contributed by atoms with Crippen molar-refractivity contribution in [2.24, 2.45) is 0 Å². The van der Waals surface area contributed by atoms with Gasteiger partial charge < -0.3 is 13.7 Å². The predicted molar refractivity (Wildman–Crippen MR) is 90.5 cm³/mol. The molecule has 0 spiro atoms. The second-order valence-corrected chi connectivity index (χ2v) is 5.56. The zero-order chi connectivity index (χ0) is 17.1. The van der Waals surface area contributed by atoms with Crippen molar-refractivity contribution in [1.29, 1.82) is 0 Å². The van der Waals surface area contributed by atoms with E-state index in [0.29, 0.717) is 30.1 Å². The fraction of sp³-hybridized carbons (Fsp3) is 0.105. The summed E-state index contributed by atoms with van der Waals surface area (Å²) < 4.78 is 10.8. The molecule has 3 aromatic heterocycles. The molecular weight excluding hydrogens is 318 g/mol. The second-order valence-electron chi connectivity index (χ2n) is 5.56. The molecule has 0 fully saturated rings. The molecule has 0 atom stereocenters. The van der Waals surface area contributed by atoms with Crippen LogP contribution in [0.1, 0.15) is 22.0 Å². The predicted octanol–water partition coefficient (Wildman–Crippen LogP) is 3.66. The molecule has 6 heteroatoms. The first-order valence-electron chi connectivity index (χ1n) is 7.85. The summed E-state index contributed by atoms with van der Waals surface area (Å²) in [5.41, 5.74) is 1.73. The van der Waals surface area contributed by atoms with Gasteiger partial charge in [0, 0.05) is 0 Å². The van der Waals surface area contributed by atoms with Crippen LogP contribution in [0.5, 0.6) is 0 Å². The van der Waals surface area contributed by atoms with Gasteiger partial charge in [-0.05, 0) is 36.4 Å². The van der Waals surface area contributed by atoms with E-state index in [1.54, 1.807) is 29.6 Å². The molecule has 3 heterocycles. The van der Waals surface area contributed by atoms with E-state index >= 15 is 0 Å². The second kappa shape index (κ2) is 6.60. The number of benzene rings is 1. The van der Waals surface area contributed by atoms with E-state index in [-0.39, 0.29) is 11.6 Å². The Labute approximate surface area is 143 Å². The van der Waals surface area contributed by atoms with Gasteiger partial charge in [0.05, 0.1) is 42.8 Å². The highest BCUT2D eigenvalue weighted by atomic mass is 16.3. The van der Waals surface area contributed by atoms with Crippen molar-refractivity contribution >= 4 is 16.9 Å². The highest BCUT2D eigenvalue weighted by Gasteiger charge is 2.20. The third-order valence-electron chi connectivity index (χ3n) is 3.81. The SMILES string of the molecule is O=C(c1cnc2ccccc2n1)N(Cc1ccco1)Cc1ccco1. The Hall–Kier alpha value is -3.41. The van der Waals surface area contributed by atoms with Crippen LogP contribution in [0.4, 0.5) is 0 Å². The summed E-state index contributed by atoms with van der Waals surface area (Å²) in [7, 11) is 0. The van der Waals surface area contributed by atoms with E-state index in [0.717, 1.165) is 5.52 Å². The molecule has 0 radical (unpaired) electrons. The Kier molecular flexibility index (Phi) is 4.00. The molecule has 0 saturated carbocycles. The van der Waals surface area contributed by atoms with E-state index in [1.807, 2.05) is 36.4 Å². The number of rotatable bonds is 5. The third-order valence-corrected chi connectivity index (χ3v) is 3.81. The molecule has 0 aliphatic rings. The van der Waals surface area contributed by atoms with Gasteiger partial charge in [0.2, 0.25) is 0 Å². The minimum absolute atomic E-state index is 0.231. The van der Waals surface area contributed by atoms with Crippen molar-refractivity contribution in [1.82, 2.24) is 14.9 Å². The van der Waals surface area contributed by atoms with Crippen LogP contribution in [0.3, 0.4) is 0 Å². The summed E-state index contributed by atoms with van der Waals surface area (Å²) in [5.74, 6) is 1.15. The van der Waals surface area contributed by atoms with Crippen LogP contribution < -0.4 is 0 Å². The number of hydrogen-bond acceptors (Lipinski definition) is 5. The first kappa shape index (κ1) is 15.1. The van der Waals surface area contributed by atoms with Crippen molar-refractivity contribution in [3.63, 3.8) is 0 Å². The summed E-state index contributed by atoms with van der Waals surface area (Å²) in [6.45, 7) is 0.641. The number of carbonyl (C=O) groups is 1. The maximum Gasteiger partial charge on any atom is 0.274 e. The molecule has 4 rings (SSSR count). The average Bonchev–Trinajstić information content (AvgIpc) is 3.34. The summed E-state index contributed by atoms with van der Waals surface area (Å²) in [5, 5.41) is 0. The number of fused-ring (bicyclic) bond motifs is 1. The van der Waals surface area contributed by atoms with Gasteiger partial charge in [-0.25, -0.2) is 4.98 Å². The third kappa shape index (κ3) is 3.28. The topological polar surface area (TPSA) is 72.4 Å². The van der Waals surface area contributed by atoms with E-state index in [9.17, 15) is 4.79 Å². The number of para-hydroxylation sites is 2. The van der Waals surface area contributed by atoms with Gasteiger partial charge in [-0.15, -0.1) is 0 Å². The average molecular weight is 333 g/mol. The summed E-state index contributed by atoms with van der Waals surface area (Å²) in [4.78, 5) is 23.4. The Morgan fingerprint density at radius 2 is 1.52 bits per heavy atom. The number of nitrogens with zero attached hydrogens (tertiary/aromatic N) is 3. The Morgan fingerprint density at radius 3 is 2.12 bits per heavy atom. The van der Waals surface area contributed by atoms with Crippen LogP contribution in [0, 0.1) is 0 Å². The molecule has 0 aliphatic carbocycles. The van der Waals surface area contributed by atoms with Gasteiger partial charge >= 0.3 is 0 Å². The zero-order valence-corrected chi connectivity index (χ0v) is 13.3. The molecule has 6 nitrogen and oxygen atoms in total. The molecule has 0 aliphatic heterocycles. The maximum absolute atomic E-state index is 13.0. The molecule has 0 unspecified atom stereocenters. The minimum atomic E-state index is -0.231. The Bertz CT molecular complexity index is 942. The molecule has 4 aromatic rings. The lowest BCUT2D eigenvalue weighted by Gasteiger charge is -2.20. The van der Waals surface area contributed by atoms with Crippen LogP contribution in [-0.2, 0) is 13.1 Å². The molecule has 25 heavy (non-hydrogen) atoms. The highest BCUT2D eigenvalue weighted by molar-refractivity contribution is 5.93. The lowest BCUT2D eigenvalue weighted by molar-refractivity contribution is 0.0699. The van der Waals surface area contributed by atoms with E-state index in [2.05, 4.69) is 9.97 Å². The number of aromatic nitrogens is 2. The maximum atomic E-state index is 13.0. The van der Waals surface area contributed by atoms with Crippen LogP contribution in [0.2, 0.25) is 0 Å². The lowest BCUT2D eigenvalue weighted by Crippen LogP contribution is -2.30. The van der Waals surface area contributed by atoms with Crippen LogP contribution in [0.15, 0.2) is 76.1 Å². The normalized spacial score (nSPS) is 10.9. The summed E-state index contributed by atoms with van der Waals surface area (Å²) in [6, 6.07) is 14.7. The van der Waals surface area contributed by atoms with Crippen molar-refractivity contribution in [3.8, 4) is 0 Å². The molecule has 124 valence electrons. The molecule has 0 saturated heterocycles. The highest BCUT2D eigenvalue weighted by Crippen LogP contribution is 2.15. The largest absolute Gasteiger partial charge is 0.467 e. The lowest BCUT2D eigenvalue weighted by atomic mass is 10.2. The fourth-order valence-electron chi connectivity index (χ4n) is 2.60. The zero-order valence-electron chi connectivity index (χ0n) is 13.3. The van der Waals surface area contributed by atoms with Crippen LogP contribution in [0.25, 0.3) is 11.0 Å². The number of furan rings is 2. The number of amides is 1. The van der Waals surface area contributed by atoms with Gasteiger partial charge in [-0.1, -0.05) is 12.1 Å². The number of carbonyl (C=O) groups excluding carboxylic acids is 1. The quantitative estimate of drug-likeness (QED) is 0.557. The smallest absolute Gasteiger partial charge is 0.274 e. The first-order chi connectivity index (χ1) is 12.3. The summed E-state index contributed by atoms with van der Waals surface area (Å²) >= 11 is 0. The Morgan fingerprint density at radius 1 is 0.880 bits per heavy atom.